The molecular weight excluding hydrogens is 443 g/mol. The Kier molecular flexibility index (Phi) is 5.78. The first-order chi connectivity index (χ1) is 12.0. The van der Waals surface area contributed by atoms with Crippen LogP contribution in [0.15, 0.2) is 4.99 Å². The quantitative estimate of drug-likeness (QED) is 0.345. The second kappa shape index (κ2) is 7.45. The van der Waals surface area contributed by atoms with Crippen molar-refractivity contribution in [3.05, 3.63) is 0 Å². The summed E-state index contributed by atoms with van der Waals surface area (Å²) >= 11 is 0. The molecule has 7 heteroatoms. The van der Waals surface area contributed by atoms with Crippen LogP contribution < -0.4 is 10.6 Å². The molecule has 4 fully saturated rings. The molecule has 2 N–H and O–H groups in total. The van der Waals surface area contributed by atoms with E-state index >= 15 is 0 Å². The summed E-state index contributed by atoms with van der Waals surface area (Å²) < 4.78 is 6.03. The molecule has 0 aromatic heterocycles. The maximum atomic E-state index is 11.7. The fourth-order valence-corrected chi connectivity index (χ4v) is 5.68. The van der Waals surface area contributed by atoms with Gasteiger partial charge in [0.1, 0.15) is 0 Å². The van der Waals surface area contributed by atoms with E-state index < -0.39 is 0 Å². The van der Waals surface area contributed by atoms with Crippen LogP contribution >= 0.6 is 24.0 Å². The molecule has 4 atom stereocenters. The van der Waals surface area contributed by atoms with Crippen LogP contribution in [0.3, 0.4) is 0 Å². The third kappa shape index (κ3) is 3.34. The average molecular weight is 476 g/mol. The van der Waals surface area contributed by atoms with Gasteiger partial charge in [-0.05, 0) is 25.7 Å². The van der Waals surface area contributed by atoms with E-state index in [1.165, 1.54) is 6.42 Å². The van der Waals surface area contributed by atoms with Gasteiger partial charge in [-0.3, -0.25) is 9.79 Å². The molecule has 3 saturated heterocycles. The topological polar surface area (TPSA) is 66.0 Å². The van der Waals surface area contributed by atoms with E-state index in [9.17, 15) is 4.79 Å². The van der Waals surface area contributed by atoms with Crippen molar-refractivity contribution < 1.29 is 9.53 Å². The van der Waals surface area contributed by atoms with E-state index in [1.54, 1.807) is 0 Å². The second-order valence-electron chi connectivity index (χ2n) is 9.07. The Hall–Kier alpha value is -0.570. The SMILES string of the molecule is CN=C(NC1C2CCCOC2C1(C)C)N1CCCC2(CNC(=O)C2)C1.I. The van der Waals surface area contributed by atoms with Crippen LogP contribution in [-0.4, -0.2) is 62.2 Å². The first-order valence-corrected chi connectivity index (χ1v) is 9.82. The molecule has 148 valence electrons. The number of nitrogens with zero attached hydrogens (tertiary/aromatic N) is 2. The fourth-order valence-electron chi connectivity index (χ4n) is 5.68. The van der Waals surface area contributed by atoms with Crippen molar-refractivity contribution in [2.75, 3.05) is 33.3 Å². The number of ether oxygens (including phenoxy) is 1. The molecule has 1 amide bonds. The smallest absolute Gasteiger partial charge is 0.220 e. The van der Waals surface area contributed by atoms with Crippen LogP contribution in [0.4, 0.5) is 0 Å². The summed E-state index contributed by atoms with van der Waals surface area (Å²) in [6, 6.07) is 0.415. The highest BCUT2D eigenvalue weighted by Crippen LogP contribution is 2.51. The zero-order valence-corrected chi connectivity index (χ0v) is 18.5. The highest BCUT2D eigenvalue weighted by molar-refractivity contribution is 14.0. The van der Waals surface area contributed by atoms with Crippen LogP contribution in [0.1, 0.15) is 46.0 Å². The fraction of sp³-hybridized carbons (Fsp3) is 0.895. The molecule has 4 aliphatic rings. The van der Waals surface area contributed by atoms with Crippen molar-refractivity contribution in [2.45, 2.75) is 58.1 Å². The largest absolute Gasteiger partial charge is 0.377 e. The monoisotopic (exact) mass is 476 g/mol. The van der Waals surface area contributed by atoms with Gasteiger partial charge >= 0.3 is 0 Å². The summed E-state index contributed by atoms with van der Waals surface area (Å²) in [5.74, 6) is 1.79. The zero-order chi connectivity index (χ0) is 17.7. The highest BCUT2D eigenvalue weighted by Gasteiger charge is 2.58. The summed E-state index contributed by atoms with van der Waals surface area (Å²) in [4.78, 5) is 18.7. The number of halogens is 1. The number of carbonyl (C=O) groups excluding carboxylic acids is 1. The van der Waals surface area contributed by atoms with Gasteiger partial charge in [-0.1, -0.05) is 13.8 Å². The number of rotatable bonds is 1. The van der Waals surface area contributed by atoms with Crippen LogP contribution in [0.2, 0.25) is 0 Å². The molecule has 1 spiro atoms. The molecule has 1 saturated carbocycles. The molecule has 4 unspecified atom stereocenters. The van der Waals surface area contributed by atoms with E-state index in [0.717, 1.165) is 51.5 Å². The Labute approximate surface area is 173 Å². The molecule has 3 aliphatic heterocycles. The maximum absolute atomic E-state index is 11.7. The van der Waals surface area contributed by atoms with Gasteiger partial charge in [-0.15, -0.1) is 24.0 Å². The number of aliphatic imine (C=N–C) groups is 1. The van der Waals surface area contributed by atoms with Crippen LogP contribution in [0, 0.1) is 16.7 Å². The van der Waals surface area contributed by atoms with Gasteiger partial charge < -0.3 is 20.3 Å². The number of hydrogen-bond acceptors (Lipinski definition) is 3. The number of piperidine rings is 1. The summed E-state index contributed by atoms with van der Waals surface area (Å²) in [7, 11) is 1.88. The number of nitrogens with one attached hydrogen (secondary N) is 2. The van der Waals surface area contributed by atoms with Gasteiger partial charge in [-0.2, -0.15) is 0 Å². The van der Waals surface area contributed by atoms with E-state index in [0.29, 0.717) is 24.5 Å². The number of guanidine groups is 1. The van der Waals surface area contributed by atoms with Gasteiger partial charge in [0.05, 0.1) is 6.10 Å². The summed E-state index contributed by atoms with van der Waals surface area (Å²) in [5, 5.41) is 6.80. The summed E-state index contributed by atoms with van der Waals surface area (Å²) in [6.07, 6.45) is 5.69. The molecule has 1 aliphatic carbocycles. The lowest BCUT2D eigenvalue weighted by Gasteiger charge is -2.60. The second-order valence-corrected chi connectivity index (χ2v) is 9.07. The predicted octanol–water partition coefficient (Wildman–Crippen LogP) is 1.99. The molecule has 0 aromatic carbocycles. The van der Waals surface area contributed by atoms with Gasteiger partial charge in [0.15, 0.2) is 5.96 Å². The standard InChI is InChI=1S/C19H32N4O2.HI/c1-18(2)15(13-6-4-9-25-16(13)18)22-17(20-3)23-8-5-7-19(12-23)10-14(24)21-11-19;/h13,15-16H,4-12H2,1-3H3,(H,20,22)(H,21,24);1H. The molecule has 3 heterocycles. The van der Waals surface area contributed by atoms with Crippen molar-refractivity contribution in [3.8, 4) is 0 Å². The lowest BCUT2D eigenvalue weighted by molar-refractivity contribution is -0.188. The Bertz CT molecular complexity index is 582. The van der Waals surface area contributed by atoms with Crippen molar-refractivity contribution >= 4 is 35.8 Å². The summed E-state index contributed by atoms with van der Waals surface area (Å²) in [6.45, 7) is 8.27. The lowest BCUT2D eigenvalue weighted by atomic mass is 9.55. The Morgan fingerprint density at radius 2 is 2.19 bits per heavy atom. The molecule has 0 radical (unpaired) electrons. The van der Waals surface area contributed by atoms with Crippen LogP contribution in [-0.2, 0) is 9.53 Å². The molecule has 0 bridgehead atoms. The maximum Gasteiger partial charge on any atom is 0.220 e. The Morgan fingerprint density at radius 3 is 2.88 bits per heavy atom. The van der Waals surface area contributed by atoms with Crippen molar-refractivity contribution in [1.29, 1.82) is 0 Å². The number of hydrogen-bond donors (Lipinski definition) is 2. The van der Waals surface area contributed by atoms with Gasteiger partial charge in [0.2, 0.25) is 5.91 Å². The van der Waals surface area contributed by atoms with E-state index in [2.05, 4.69) is 34.4 Å². The number of amides is 1. The molecular formula is C19H33IN4O2. The predicted molar refractivity (Wildman–Crippen MR) is 113 cm³/mol. The first kappa shape index (κ1) is 20.2. The van der Waals surface area contributed by atoms with Crippen LogP contribution in [0.25, 0.3) is 0 Å². The third-order valence-corrected chi connectivity index (χ3v) is 6.98. The Balaban J connectivity index is 0.00000196. The number of carbonyl (C=O) groups is 1. The van der Waals surface area contributed by atoms with E-state index in [-0.39, 0.29) is 40.7 Å². The van der Waals surface area contributed by atoms with Crippen LogP contribution in [0.5, 0.6) is 0 Å². The first-order valence-electron chi connectivity index (χ1n) is 9.82. The minimum absolute atomic E-state index is 0. The van der Waals surface area contributed by atoms with Crippen molar-refractivity contribution in [1.82, 2.24) is 15.5 Å². The summed E-state index contributed by atoms with van der Waals surface area (Å²) in [5.41, 5.74) is 0.234. The minimum Gasteiger partial charge on any atom is -0.377 e. The lowest BCUT2D eigenvalue weighted by Crippen LogP contribution is -2.71. The van der Waals surface area contributed by atoms with Gasteiger partial charge in [0, 0.05) is 62.5 Å². The minimum atomic E-state index is 0. The van der Waals surface area contributed by atoms with Crippen molar-refractivity contribution in [3.63, 3.8) is 0 Å². The van der Waals surface area contributed by atoms with Gasteiger partial charge in [-0.25, -0.2) is 0 Å². The number of fused-ring (bicyclic) bond motifs is 1. The molecule has 4 rings (SSSR count). The third-order valence-electron chi connectivity index (χ3n) is 6.98. The molecule has 0 aromatic rings. The van der Waals surface area contributed by atoms with E-state index in [4.69, 9.17) is 4.74 Å². The van der Waals surface area contributed by atoms with Crippen molar-refractivity contribution in [2.24, 2.45) is 21.7 Å². The van der Waals surface area contributed by atoms with E-state index in [1.807, 2.05) is 7.05 Å². The zero-order valence-electron chi connectivity index (χ0n) is 16.2. The highest BCUT2D eigenvalue weighted by atomic mass is 127. The Morgan fingerprint density at radius 1 is 1.38 bits per heavy atom. The number of likely N-dealkylation sites (tertiary alicyclic amines) is 1. The molecule has 6 nitrogen and oxygen atoms in total. The normalized spacial score (nSPS) is 38.9. The average Bonchev–Trinajstić information content (AvgIpc) is 2.95. The van der Waals surface area contributed by atoms with Gasteiger partial charge in [0.25, 0.3) is 0 Å². The molecule has 26 heavy (non-hydrogen) atoms.